The summed E-state index contributed by atoms with van der Waals surface area (Å²) in [5, 5.41) is 2.68. The number of rotatable bonds is 4. The zero-order chi connectivity index (χ0) is 13.1. The lowest BCUT2D eigenvalue weighted by Gasteiger charge is -2.15. The van der Waals surface area contributed by atoms with Gasteiger partial charge in [-0.1, -0.05) is 18.2 Å². The van der Waals surface area contributed by atoms with E-state index in [1.807, 2.05) is 24.3 Å². The van der Waals surface area contributed by atoms with Crippen molar-refractivity contribution in [2.24, 2.45) is 5.73 Å². The van der Waals surface area contributed by atoms with Gasteiger partial charge in [-0.2, -0.15) is 0 Å². The van der Waals surface area contributed by atoms with Crippen molar-refractivity contribution in [1.82, 2.24) is 0 Å². The SMILES string of the molecule is CCOC(=O)C(F)[C@H](N)c1csc2ccccc12. The molecule has 18 heavy (non-hydrogen) atoms. The van der Waals surface area contributed by atoms with Crippen molar-refractivity contribution >= 4 is 27.4 Å². The van der Waals surface area contributed by atoms with Crippen LogP contribution >= 0.6 is 11.3 Å². The van der Waals surface area contributed by atoms with Gasteiger partial charge in [0.05, 0.1) is 12.6 Å². The summed E-state index contributed by atoms with van der Waals surface area (Å²) < 4.78 is 19.5. The van der Waals surface area contributed by atoms with Crippen LogP contribution in [0.2, 0.25) is 0 Å². The van der Waals surface area contributed by atoms with Crippen LogP contribution in [-0.2, 0) is 9.53 Å². The first kappa shape index (κ1) is 13.0. The average molecular weight is 267 g/mol. The van der Waals surface area contributed by atoms with E-state index in [1.54, 1.807) is 12.3 Å². The van der Waals surface area contributed by atoms with Crippen molar-refractivity contribution < 1.29 is 13.9 Å². The number of halogens is 1. The third kappa shape index (κ3) is 2.37. The summed E-state index contributed by atoms with van der Waals surface area (Å²) >= 11 is 1.49. The Morgan fingerprint density at radius 3 is 2.94 bits per heavy atom. The minimum absolute atomic E-state index is 0.149. The van der Waals surface area contributed by atoms with Gasteiger partial charge in [0.25, 0.3) is 0 Å². The maximum Gasteiger partial charge on any atom is 0.342 e. The number of benzene rings is 1. The second kappa shape index (κ2) is 5.46. The van der Waals surface area contributed by atoms with Gasteiger partial charge in [0.2, 0.25) is 6.17 Å². The molecule has 0 amide bonds. The van der Waals surface area contributed by atoms with E-state index in [4.69, 9.17) is 5.73 Å². The summed E-state index contributed by atoms with van der Waals surface area (Å²) in [4.78, 5) is 11.3. The van der Waals surface area contributed by atoms with Crippen LogP contribution in [0.3, 0.4) is 0 Å². The molecule has 2 rings (SSSR count). The van der Waals surface area contributed by atoms with E-state index >= 15 is 0 Å². The quantitative estimate of drug-likeness (QED) is 0.867. The number of carbonyl (C=O) groups excluding carboxylic acids is 1. The zero-order valence-corrected chi connectivity index (χ0v) is 10.7. The molecule has 0 spiro atoms. The van der Waals surface area contributed by atoms with E-state index in [-0.39, 0.29) is 6.61 Å². The van der Waals surface area contributed by atoms with Crippen molar-refractivity contribution in [3.05, 3.63) is 35.2 Å². The Morgan fingerprint density at radius 1 is 1.50 bits per heavy atom. The van der Waals surface area contributed by atoms with Crippen LogP contribution in [0.4, 0.5) is 4.39 Å². The topological polar surface area (TPSA) is 52.3 Å². The molecule has 2 atom stereocenters. The number of alkyl halides is 1. The highest BCUT2D eigenvalue weighted by Gasteiger charge is 2.29. The van der Waals surface area contributed by atoms with Gasteiger partial charge in [-0.15, -0.1) is 11.3 Å². The normalized spacial score (nSPS) is 14.4. The van der Waals surface area contributed by atoms with Crippen molar-refractivity contribution in [3.8, 4) is 0 Å². The lowest BCUT2D eigenvalue weighted by Crippen LogP contribution is -2.31. The van der Waals surface area contributed by atoms with Crippen LogP contribution in [0.15, 0.2) is 29.6 Å². The van der Waals surface area contributed by atoms with E-state index in [2.05, 4.69) is 4.74 Å². The highest BCUT2D eigenvalue weighted by Crippen LogP contribution is 2.31. The Hall–Kier alpha value is -1.46. The fourth-order valence-corrected chi connectivity index (χ4v) is 2.79. The first-order valence-corrected chi connectivity index (χ1v) is 6.55. The molecule has 1 heterocycles. The maximum absolute atomic E-state index is 13.9. The Balaban J connectivity index is 2.28. The largest absolute Gasteiger partial charge is 0.464 e. The van der Waals surface area contributed by atoms with Crippen LogP contribution < -0.4 is 5.73 Å². The molecule has 96 valence electrons. The molecule has 0 fully saturated rings. The molecule has 0 radical (unpaired) electrons. The molecule has 0 aliphatic rings. The molecule has 0 bridgehead atoms. The molecule has 1 aromatic carbocycles. The van der Waals surface area contributed by atoms with Gasteiger partial charge in [0.15, 0.2) is 0 Å². The highest BCUT2D eigenvalue weighted by atomic mass is 32.1. The molecule has 0 saturated heterocycles. The van der Waals surface area contributed by atoms with Gasteiger partial charge >= 0.3 is 5.97 Å². The summed E-state index contributed by atoms with van der Waals surface area (Å²) in [6.45, 7) is 1.78. The molecule has 0 aliphatic heterocycles. The van der Waals surface area contributed by atoms with Gasteiger partial charge < -0.3 is 10.5 Å². The highest BCUT2D eigenvalue weighted by molar-refractivity contribution is 7.17. The second-order valence-corrected chi connectivity index (χ2v) is 4.78. The Bertz CT molecular complexity index is 555. The van der Waals surface area contributed by atoms with Gasteiger partial charge in [-0.3, -0.25) is 0 Å². The maximum atomic E-state index is 13.9. The molecule has 3 nitrogen and oxygen atoms in total. The minimum Gasteiger partial charge on any atom is -0.464 e. The molecule has 2 N–H and O–H groups in total. The smallest absolute Gasteiger partial charge is 0.342 e. The summed E-state index contributed by atoms with van der Waals surface area (Å²) in [5.41, 5.74) is 6.46. The number of hydrogen-bond donors (Lipinski definition) is 1. The first-order chi connectivity index (χ1) is 8.65. The predicted molar refractivity (Wildman–Crippen MR) is 70.3 cm³/mol. The fraction of sp³-hybridized carbons (Fsp3) is 0.308. The lowest BCUT2D eigenvalue weighted by atomic mass is 10.0. The van der Waals surface area contributed by atoms with Crippen LogP contribution in [0.1, 0.15) is 18.5 Å². The molecule has 2 aromatic rings. The summed E-state index contributed by atoms with van der Waals surface area (Å²) in [6.07, 6.45) is -1.83. The molecular weight excluding hydrogens is 253 g/mol. The third-order valence-electron chi connectivity index (χ3n) is 2.70. The number of esters is 1. The third-order valence-corrected chi connectivity index (χ3v) is 3.68. The first-order valence-electron chi connectivity index (χ1n) is 5.67. The average Bonchev–Trinajstić information content (AvgIpc) is 2.81. The lowest BCUT2D eigenvalue weighted by molar-refractivity contribution is -0.149. The van der Waals surface area contributed by atoms with Gasteiger partial charge in [0.1, 0.15) is 0 Å². The number of nitrogens with two attached hydrogens (primary N) is 1. The predicted octanol–water partition coefficient (Wildman–Crippen LogP) is 2.80. The number of hydrogen-bond acceptors (Lipinski definition) is 4. The molecule has 0 aliphatic carbocycles. The fourth-order valence-electron chi connectivity index (χ4n) is 1.78. The van der Waals surface area contributed by atoms with Gasteiger partial charge in [-0.25, -0.2) is 9.18 Å². The standard InChI is InChI=1S/C13H14FNO2S/c1-2-17-13(16)11(14)12(15)9-7-18-10-6-4-3-5-8(9)10/h3-7,11-12H,2,15H2,1H3/t11?,12-/m1/s1. The van der Waals surface area contributed by atoms with Crippen molar-refractivity contribution in [1.29, 1.82) is 0 Å². The Labute approximate surface area is 108 Å². The molecule has 0 saturated carbocycles. The van der Waals surface area contributed by atoms with Crippen molar-refractivity contribution in [2.75, 3.05) is 6.61 Å². The molecule has 1 aromatic heterocycles. The van der Waals surface area contributed by atoms with Crippen LogP contribution in [0.5, 0.6) is 0 Å². The summed E-state index contributed by atoms with van der Waals surface area (Å²) in [6, 6.07) is 6.60. The second-order valence-electron chi connectivity index (χ2n) is 3.87. The van der Waals surface area contributed by atoms with E-state index in [1.165, 1.54) is 11.3 Å². The molecular formula is C13H14FNO2S. The summed E-state index contributed by atoms with van der Waals surface area (Å²) in [7, 11) is 0. The van der Waals surface area contributed by atoms with Crippen LogP contribution in [0, 0.1) is 0 Å². The van der Waals surface area contributed by atoms with Crippen molar-refractivity contribution in [2.45, 2.75) is 19.1 Å². The van der Waals surface area contributed by atoms with E-state index < -0.39 is 18.2 Å². The Morgan fingerprint density at radius 2 is 2.22 bits per heavy atom. The zero-order valence-electron chi connectivity index (χ0n) is 9.93. The van der Waals surface area contributed by atoms with Gasteiger partial charge in [-0.05, 0) is 29.3 Å². The van der Waals surface area contributed by atoms with Crippen molar-refractivity contribution in [3.63, 3.8) is 0 Å². The summed E-state index contributed by atoms with van der Waals surface area (Å²) in [5.74, 6) is -0.903. The van der Waals surface area contributed by atoms with E-state index in [0.717, 1.165) is 10.1 Å². The van der Waals surface area contributed by atoms with Gasteiger partial charge in [0, 0.05) is 4.70 Å². The van der Waals surface area contributed by atoms with E-state index in [9.17, 15) is 9.18 Å². The number of carbonyl (C=O) groups is 1. The molecule has 5 heteroatoms. The van der Waals surface area contributed by atoms with Crippen LogP contribution in [-0.4, -0.2) is 18.7 Å². The Kier molecular flexibility index (Phi) is 3.93. The minimum atomic E-state index is -1.83. The van der Waals surface area contributed by atoms with Crippen LogP contribution in [0.25, 0.3) is 10.1 Å². The molecule has 1 unspecified atom stereocenters. The van der Waals surface area contributed by atoms with E-state index in [0.29, 0.717) is 5.56 Å². The number of fused-ring (bicyclic) bond motifs is 1. The number of ether oxygens (including phenoxy) is 1. The monoisotopic (exact) mass is 267 g/mol. The number of thiophene rings is 1.